The number of hydrogen-bond donors (Lipinski definition) is 2. The molecule has 0 fully saturated rings. The van der Waals surface area contributed by atoms with Gasteiger partial charge < -0.3 is 11.5 Å². The summed E-state index contributed by atoms with van der Waals surface area (Å²) in [4.78, 5) is 0. The van der Waals surface area contributed by atoms with E-state index in [2.05, 4.69) is 29.3 Å². The van der Waals surface area contributed by atoms with Crippen LogP contribution in [0.5, 0.6) is 0 Å². The van der Waals surface area contributed by atoms with Crippen molar-refractivity contribution >= 4 is 17.7 Å². The zero-order valence-electron chi connectivity index (χ0n) is 9.51. The normalized spacial score (nSPS) is 11.8. The van der Waals surface area contributed by atoms with Crippen LogP contribution in [0.25, 0.3) is 6.08 Å². The van der Waals surface area contributed by atoms with Crippen molar-refractivity contribution in [3.8, 4) is 0 Å². The van der Waals surface area contributed by atoms with Gasteiger partial charge in [-0.2, -0.15) is 5.10 Å². The predicted octanol–water partition coefficient (Wildman–Crippen LogP) is 1.66. The molecule has 1 aromatic carbocycles. The van der Waals surface area contributed by atoms with Gasteiger partial charge in [-0.25, -0.2) is 0 Å². The predicted molar refractivity (Wildman–Crippen MR) is 69.1 cm³/mol. The van der Waals surface area contributed by atoms with E-state index < -0.39 is 0 Å². The van der Waals surface area contributed by atoms with Gasteiger partial charge in [0.25, 0.3) is 0 Å². The molecule has 0 saturated heterocycles. The Morgan fingerprint density at radius 3 is 2.31 bits per heavy atom. The molecule has 4 nitrogen and oxygen atoms in total. The maximum Gasteiger partial charge on any atom is 0.211 e. The van der Waals surface area contributed by atoms with Crippen LogP contribution in [0.4, 0.5) is 0 Å². The first-order chi connectivity index (χ1) is 7.58. The minimum Gasteiger partial charge on any atom is -0.369 e. The van der Waals surface area contributed by atoms with Gasteiger partial charge in [-0.15, -0.1) is 5.10 Å². The lowest BCUT2D eigenvalue weighted by Gasteiger charge is -1.94. The van der Waals surface area contributed by atoms with Crippen LogP contribution in [-0.2, 0) is 0 Å². The van der Waals surface area contributed by atoms with Crippen molar-refractivity contribution in [2.45, 2.75) is 13.8 Å². The molecule has 1 aromatic rings. The molecule has 0 radical (unpaired) electrons. The monoisotopic (exact) mass is 216 g/mol. The lowest BCUT2D eigenvalue weighted by atomic mass is 10.1. The fraction of sp³-hybridized carbons (Fsp3) is 0.167. The van der Waals surface area contributed by atoms with Gasteiger partial charge in [-0.3, -0.25) is 0 Å². The minimum atomic E-state index is -0.0388. The van der Waals surface area contributed by atoms with Crippen molar-refractivity contribution in [2.75, 3.05) is 0 Å². The zero-order valence-corrected chi connectivity index (χ0v) is 9.51. The highest BCUT2D eigenvalue weighted by Crippen LogP contribution is 2.04. The minimum absolute atomic E-state index is 0.0388. The Kier molecular flexibility index (Phi) is 4.27. The Morgan fingerprint density at radius 2 is 1.75 bits per heavy atom. The van der Waals surface area contributed by atoms with E-state index in [1.807, 2.05) is 31.2 Å². The highest BCUT2D eigenvalue weighted by Gasteiger charge is 1.87. The highest BCUT2D eigenvalue weighted by atomic mass is 15.3. The van der Waals surface area contributed by atoms with Gasteiger partial charge in [0.1, 0.15) is 0 Å². The molecule has 0 spiro atoms. The summed E-state index contributed by atoms with van der Waals surface area (Å²) in [6, 6.07) is 8.20. The van der Waals surface area contributed by atoms with E-state index in [1.165, 1.54) is 5.56 Å². The second-order valence-corrected chi connectivity index (χ2v) is 3.51. The molecular formula is C12H16N4. The zero-order chi connectivity index (χ0) is 12.0. The number of nitrogens with zero attached hydrogens (tertiary/aromatic N) is 2. The van der Waals surface area contributed by atoms with Crippen LogP contribution in [0.15, 0.2) is 40.5 Å². The van der Waals surface area contributed by atoms with Crippen molar-refractivity contribution in [2.24, 2.45) is 21.7 Å². The maximum atomic E-state index is 5.16. The molecule has 0 aromatic heterocycles. The standard InChI is InChI=1S/C12H16N4/c1-9-3-6-11(7-4-9)8-5-10(2)15-16-12(13)14/h3-8H,1-2H3,(H4,13,14,16). The van der Waals surface area contributed by atoms with Crippen molar-refractivity contribution in [1.82, 2.24) is 0 Å². The number of benzene rings is 1. The third-order valence-corrected chi connectivity index (χ3v) is 1.92. The van der Waals surface area contributed by atoms with Crippen molar-refractivity contribution in [1.29, 1.82) is 0 Å². The molecule has 0 amide bonds. The molecule has 0 heterocycles. The third kappa shape index (κ3) is 4.41. The number of aryl methyl sites for hydroxylation is 1. The molecule has 1 rings (SSSR count). The van der Waals surface area contributed by atoms with Gasteiger partial charge in [0, 0.05) is 0 Å². The topological polar surface area (TPSA) is 76.8 Å². The number of rotatable bonds is 3. The summed E-state index contributed by atoms with van der Waals surface area (Å²) in [5, 5.41) is 7.38. The lowest BCUT2D eigenvalue weighted by Crippen LogP contribution is -2.21. The van der Waals surface area contributed by atoms with E-state index in [-0.39, 0.29) is 5.96 Å². The molecule has 0 saturated carbocycles. The van der Waals surface area contributed by atoms with Crippen LogP contribution in [0, 0.1) is 6.92 Å². The van der Waals surface area contributed by atoms with E-state index in [4.69, 9.17) is 11.5 Å². The molecule has 16 heavy (non-hydrogen) atoms. The summed E-state index contributed by atoms with van der Waals surface area (Å²) in [5.74, 6) is -0.0388. The fourth-order valence-corrected chi connectivity index (χ4v) is 1.06. The molecule has 0 bridgehead atoms. The summed E-state index contributed by atoms with van der Waals surface area (Å²) in [6.07, 6.45) is 3.82. The van der Waals surface area contributed by atoms with Crippen LogP contribution in [-0.4, -0.2) is 11.7 Å². The first kappa shape index (κ1) is 12.0. The van der Waals surface area contributed by atoms with E-state index in [0.717, 1.165) is 11.3 Å². The molecule has 84 valence electrons. The SMILES string of the molecule is CC(C=Cc1ccc(C)cc1)=NN=C(N)N. The maximum absolute atomic E-state index is 5.16. The van der Waals surface area contributed by atoms with E-state index >= 15 is 0 Å². The molecule has 4 heteroatoms. The number of nitrogens with two attached hydrogens (primary N) is 2. The van der Waals surface area contributed by atoms with Gasteiger partial charge in [0.2, 0.25) is 5.96 Å². The summed E-state index contributed by atoms with van der Waals surface area (Å²) in [7, 11) is 0. The van der Waals surface area contributed by atoms with Crippen LogP contribution in [0.2, 0.25) is 0 Å². The average Bonchev–Trinajstić information content (AvgIpc) is 2.25. The van der Waals surface area contributed by atoms with Crippen molar-refractivity contribution < 1.29 is 0 Å². The van der Waals surface area contributed by atoms with Gasteiger partial charge in [-0.1, -0.05) is 35.9 Å². The summed E-state index contributed by atoms with van der Waals surface area (Å²) in [5.41, 5.74) is 13.4. The molecule has 4 N–H and O–H groups in total. The van der Waals surface area contributed by atoms with Crippen LogP contribution in [0.3, 0.4) is 0 Å². The molecular weight excluding hydrogens is 200 g/mol. The smallest absolute Gasteiger partial charge is 0.211 e. The largest absolute Gasteiger partial charge is 0.369 e. The first-order valence-electron chi connectivity index (χ1n) is 4.96. The third-order valence-electron chi connectivity index (χ3n) is 1.92. The Hall–Kier alpha value is -2.10. The number of allylic oxidation sites excluding steroid dienone is 1. The summed E-state index contributed by atoms with van der Waals surface area (Å²) >= 11 is 0. The van der Waals surface area contributed by atoms with Crippen LogP contribution < -0.4 is 11.5 Å². The van der Waals surface area contributed by atoms with Gasteiger partial charge in [0.15, 0.2) is 0 Å². The van der Waals surface area contributed by atoms with Gasteiger partial charge in [0.05, 0.1) is 5.71 Å². The van der Waals surface area contributed by atoms with E-state index in [1.54, 1.807) is 0 Å². The Balaban J connectivity index is 2.70. The van der Waals surface area contributed by atoms with Crippen molar-refractivity contribution in [3.05, 3.63) is 41.5 Å². The molecule has 0 atom stereocenters. The number of guanidine groups is 1. The lowest BCUT2D eigenvalue weighted by molar-refractivity contribution is 1.20. The fourth-order valence-electron chi connectivity index (χ4n) is 1.06. The van der Waals surface area contributed by atoms with Crippen LogP contribution >= 0.6 is 0 Å². The van der Waals surface area contributed by atoms with Gasteiger partial charge in [-0.05, 0) is 25.5 Å². The average molecular weight is 216 g/mol. The van der Waals surface area contributed by atoms with Crippen molar-refractivity contribution in [3.63, 3.8) is 0 Å². The summed E-state index contributed by atoms with van der Waals surface area (Å²) < 4.78 is 0. The molecule has 0 aliphatic heterocycles. The van der Waals surface area contributed by atoms with Gasteiger partial charge >= 0.3 is 0 Å². The Morgan fingerprint density at radius 1 is 1.12 bits per heavy atom. The molecule has 0 aliphatic rings. The van der Waals surface area contributed by atoms with E-state index in [9.17, 15) is 0 Å². The molecule has 0 unspecified atom stereocenters. The Labute approximate surface area is 95.4 Å². The molecule has 0 aliphatic carbocycles. The number of hydrogen-bond acceptors (Lipinski definition) is 2. The first-order valence-corrected chi connectivity index (χ1v) is 4.96. The van der Waals surface area contributed by atoms with E-state index in [0.29, 0.717) is 0 Å². The Bertz CT molecular complexity index is 423. The van der Waals surface area contributed by atoms with Crippen LogP contribution in [0.1, 0.15) is 18.1 Å². The second-order valence-electron chi connectivity index (χ2n) is 3.51. The quantitative estimate of drug-likeness (QED) is 0.458. The second kappa shape index (κ2) is 5.70. The summed E-state index contributed by atoms with van der Waals surface area (Å²) in [6.45, 7) is 3.88. The highest BCUT2D eigenvalue weighted by molar-refractivity contribution is 5.96.